The first kappa shape index (κ1) is 19.9. The molecule has 0 bridgehead atoms. The number of allylic oxidation sites excluding steroid dienone is 2. The molecule has 0 radical (unpaired) electrons. The predicted molar refractivity (Wildman–Crippen MR) is 123 cm³/mol. The Labute approximate surface area is 173 Å². The van der Waals surface area contributed by atoms with Crippen molar-refractivity contribution in [3.8, 4) is 0 Å². The Balaban J connectivity index is 1.96. The Morgan fingerprint density at radius 1 is 1.00 bits per heavy atom. The maximum Gasteiger partial charge on any atom is 0.292 e. The highest BCUT2D eigenvalue weighted by atomic mass is 31.2. The largest absolute Gasteiger partial charge is 0.346 e. The fourth-order valence-corrected chi connectivity index (χ4v) is 7.73. The van der Waals surface area contributed by atoms with E-state index in [1.165, 1.54) is 5.56 Å². The normalized spacial score (nSPS) is 25.2. The van der Waals surface area contributed by atoms with Gasteiger partial charge in [-0.2, -0.15) is 9.88 Å². The van der Waals surface area contributed by atoms with Crippen molar-refractivity contribution in [3.63, 3.8) is 0 Å². The maximum absolute atomic E-state index is 14.9. The molecule has 1 atom stereocenters. The van der Waals surface area contributed by atoms with Gasteiger partial charge in [0.2, 0.25) is 0 Å². The molecule has 2 aromatic carbocycles. The summed E-state index contributed by atoms with van der Waals surface area (Å²) in [5.41, 5.74) is 4.07. The second kappa shape index (κ2) is 7.16. The highest BCUT2D eigenvalue weighted by Crippen LogP contribution is 2.67. The van der Waals surface area contributed by atoms with Crippen molar-refractivity contribution in [3.05, 3.63) is 71.2 Å². The number of likely N-dealkylation sites (N-methyl/N-ethyl adjacent to an activating group) is 1. The average Bonchev–Trinajstić information content (AvgIpc) is 3.16. The number of fused-ring (bicyclic) bond motifs is 1. The Hall–Kier alpha value is -2.36. The van der Waals surface area contributed by atoms with Crippen LogP contribution in [0.5, 0.6) is 0 Å². The quantitative estimate of drug-likeness (QED) is 0.612. The molecule has 0 unspecified atom stereocenters. The van der Waals surface area contributed by atoms with Crippen molar-refractivity contribution in [2.45, 2.75) is 33.1 Å². The van der Waals surface area contributed by atoms with Crippen LogP contribution in [0.3, 0.4) is 0 Å². The summed E-state index contributed by atoms with van der Waals surface area (Å²) in [6, 6.07) is 18.3. The van der Waals surface area contributed by atoms with Crippen molar-refractivity contribution in [2.24, 2.45) is 5.10 Å². The zero-order valence-electron chi connectivity index (χ0n) is 17.8. The number of anilines is 2. The molecule has 29 heavy (non-hydrogen) atoms. The van der Waals surface area contributed by atoms with Gasteiger partial charge >= 0.3 is 0 Å². The zero-order valence-corrected chi connectivity index (χ0v) is 18.7. The van der Waals surface area contributed by atoms with Crippen LogP contribution in [0.2, 0.25) is 0 Å². The van der Waals surface area contributed by atoms with Gasteiger partial charge in [0.1, 0.15) is 0 Å². The topological polar surface area (TPSA) is 39.2 Å². The van der Waals surface area contributed by atoms with Gasteiger partial charge in [-0.05, 0) is 23.8 Å². The first-order chi connectivity index (χ1) is 13.9. The minimum Gasteiger partial charge on any atom is -0.346 e. The minimum atomic E-state index is -3.13. The molecule has 2 aliphatic rings. The number of hydrazone groups is 1. The number of nitrogens with zero attached hydrogens (tertiary/aromatic N) is 4. The molecular weight excluding hydrogens is 379 g/mol. The molecular formula is C23H29N4OP. The summed E-state index contributed by atoms with van der Waals surface area (Å²) in [5.74, 6) is 0. The van der Waals surface area contributed by atoms with Gasteiger partial charge < -0.3 is 4.90 Å². The van der Waals surface area contributed by atoms with Crippen molar-refractivity contribution >= 4 is 25.0 Å². The van der Waals surface area contributed by atoms with Crippen LogP contribution in [0.1, 0.15) is 33.3 Å². The molecule has 0 spiro atoms. The van der Waals surface area contributed by atoms with Crippen molar-refractivity contribution in [1.82, 2.24) is 4.67 Å². The maximum atomic E-state index is 14.9. The summed E-state index contributed by atoms with van der Waals surface area (Å²) in [5, 5.41) is 5.51. The number of hydrogen-bond donors (Lipinski definition) is 0. The summed E-state index contributed by atoms with van der Waals surface area (Å²) >= 11 is 0. The Morgan fingerprint density at radius 2 is 1.62 bits per heavy atom. The monoisotopic (exact) mass is 408 g/mol. The third kappa shape index (κ3) is 2.79. The van der Waals surface area contributed by atoms with Crippen LogP contribution in [-0.4, -0.2) is 31.0 Å². The fraction of sp³-hybridized carbons (Fsp3) is 0.348. The van der Waals surface area contributed by atoms with E-state index >= 15 is 0 Å². The minimum absolute atomic E-state index is 0.262. The molecule has 0 saturated carbocycles. The van der Waals surface area contributed by atoms with Crippen molar-refractivity contribution in [2.75, 3.05) is 29.8 Å². The van der Waals surface area contributed by atoms with Crippen LogP contribution in [0, 0.1) is 0 Å². The first-order valence-corrected chi connectivity index (χ1v) is 11.8. The fourth-order valence-electron chi connectivity index (χ4n) is 4.67. The molecule has 6 heteroatoms. The van der Waals surface area contributed by atoms with Gasteiger partial charge in [0, 0.05) is 36.9 Å². The molecule has 5 nitrogen and oxygen atoms in total. The summed E-state index contributed by atoms with van der Waals surface area (Å²) in [4.78, 5) is 2.20. The Morgan fingerprint density at radius 3 is 2.24 bits per heavy atom. The van der Waals surface area contributed by atoms with E-state index in [4.69, 9.17) is 0 Å². The van der Waals surface area contributed by atoms with E-state index in [1.807, 2.05) is 36.5 Å². The van der Waals surface area contributed by atoms with Crippen molar-refractivity contribution < 1.29 is 4.57 Å². The first-order valence-electron chi connectivity index (χ1n) is 10.2. The van der Waals surface area contributed by atoms with E-state index in [0.717, 1.165) is 22.4 Å². The average molecular weight is 408 g/mol. The highest BCUT2D eigenvalue weighted by Gasteiger charge is 2.50. The standard InChI is InChI=1S/C23H29N4OP/c1-6-26(7-2)29(28)21(17-24-27(29)18-13-9-8-10-14-18)22-23(3,4)19-15-11-12-16-20(19)25(22)5/h8-17H,6-7H2,1-5H3/b22-21-/t29-/m1/s1. The third-order valence-electron chi connectivity index (χ3n) is 6.07. The van der Waals surface area contributed by atoms with Crippen LogP contribution in [-0.2, 0) is 9.98 Å². The summed E-state index contributed by atoms with van der Waals surface area (Å²) in [6.07, 6.45) is 1.82. The lowest BCUT2D eigenvalue weighted by atomic mass is 9.84. The second-order valence-electron chi connectivity index (χ2n) is 7.99. The lowest BCUT2D eigenvalue weighted by molar-refractivity contribution is 0.446. The summed E-state index contributed by atoms with van der Waals surface area (Å²) < 4.78 is 18.7. The number of benzene rings is 2. The molecule has 0 saturated heterocycles. The molecule has 0 aliphatic carbocycles. The summed E-state index contributed by atoms with van der Waals surface area (Å²) in [7, 11) is -1.06. The predicted octanol–water partition coefficient (Wildman–Crippen LogP) is 5.67. The molecule has 0 fully saturated rings. The molecule has 0 N–H and O–H groups in total. The number of rotatable bonds is 4. The smallest absolute Gasteiger partial charge is 0.292 e. The van der Waals surface area contributed by atoms with Crippen LogP contribution in [0.15, 0.2) is 70.7 Å². The van der Waals surface area contributed by atoms with E-state index in [1.54, 1.807) is 4.78 Å². The van der Waals surface area contributed by atoms with E-state index in [-0.39, 0.29) is 5.41 Å². The van der Waals surface area contributed by atoms with Gasteiger partial charge in [0.05, 0.1) is 17.2 Å². The van der Waals surface area contributed by atoms with Crippen LogP contribution in [0.25, 0.3) is 0 Å². The molecule has 2 aromatic rings. The zero-order chi connectivity index (χ0) is 20.8. The number of para-hydroxylation sites is 2. The molecule has 0 amide bonds. The SMILES string of the molecule is CCN(CC)[P@]1(=O)/C(=C2\N(C)c3ccccc3C2(C)C)C=NN1c1ccccc1. The van der Waals surface area contributed by atoms with E-state index in [9.17, 15) is 4.57 Å². The number of hydrogen-bond acceptors (Lipinski definition) is 3. The lowest BCUT2D eigenvalue weighted by Gasteiger charge is -2.36. The van der Waals surface area contributed by atoms with Gasteiger partial charge in [-0.15, -0.1) is 0 Å². The third-order valence-corrected chi connectivity index (χ3v) is 9.20. The van der Waals surface area contributed by atoms with Gasteiger partial charge in [0.25, 0.3) is 7.44 Å². The molecule has 152 valence electrons. The second-order valence-corrected chi connectivity index (χ2v) is 10.5. The summed E-state index contributed by atoms with van der Waals surface area (Å²) in [6.45, 7) is 9.92. The van der Waals surface area contributed by atoms with Crippen molar-refractivity contribution in [1.29, 1.82) is 0 Å². The van der Waals surface area contributed by atoms with Crippen LogP contribution < -0.4 is 9.68 Å². The van der Waals surface area contributed by atoms with E-state index in [2.05, 4.69) is 73.7 Å². The Bertz CT molecular complexity index is 1020. The van der Waals surface area contributed by atoms with Crippen LogP contribution >= 0.6 is 7.44 Å². The molecule has 4 rings (SSSR count). The van der Waals surface area contributed by atoms with Gasteiger partial charge in [-0.1, -0.05) is 64.1 Å². The van der Waals surface area contributed by atoms with E-state index < -0.39 is 7.44 Å². The lowest BCUT2D eigenvalue weighted by Crippen LogP contribution is -2.31. The molecule has 2 heterocycles. The molecule has 0 aromatic heterocycles. The van der Waals surface area contributed by atoms with E-state index in [0.29, 0.717) is 13.1 Å². The van der Waals surface area contributed by atoms with Gasteiger partial charge in [0.15, 0.2) is 0 Å². The highest BCUT2D eigenvalue weighted by molar-refractivity contribution is 7.69. The van der Waals surface area contributed by atoms with Crippen LogP contribution in [0.4, 0.5) is 11.4 Å². The van der Waals surface area contributed by atoms with Gasteiger partial charge in [-0.3, -0.25) is 4.57 Å². The molecule has 2 aliphatic heterocycles. The van der Waals surface area contributed by atoms with Gasteiger partial charge in [-0.25, -0.2) is 4.67 Å². The Kier molecular flexibility index (Phi) is 4.92.